The number of amides is 3. The minimum atomic E-state index is -5.05. The van der Waals surface area contributed by atoms with Crippen molar-refractivity contribution in [3.8, 4) is 11.5 Å². The first kappa shape index (κ1) is 58.7. The number of fused-ring (bicyclic) bond motifs is 2. The molecule has 24 heteroatoms. The molecule has 3 N–H and O–H groups in total. The number of rotatable bonds is 15. The van der Waals surface area contributed by atoms with Gasteiger partial charge in [-0.3, -0.25) is 14.4 Å². The molecule has 2 aliphatic rings. The van der Waals surface area contributed by atoms with Crippen LogP contribution in [0, 0.1) is 23.3 Å². The molecule has 0 aliphatic carbocycles. The van der Waals surface area contributed by atoms with Gasteiger partial charge in [0.05, 0.1) is 46.1 Å². The summed E-state index contributed by atoms with van der Waals surface area (Å²) in [6.45, 7) is 3.37. The van der Waals surface area contributed by atoms with Crippen LogP contribution >= 0.6 is 12.4 Å². The number of hydrogen-bond acceptors (Lipinski definition) is 8. The molecule has 76 heavy (non-hydrogen) atoms. The second-order valence-corrected chi connectivity index (χ2v) is 18.1. The number of aromatic nitrogens is 2. The third-order valence-corrected chi connectivity index (χ3v) is 13.2. The summed E-state index contributed by atoms with van der Waals surface area (Å²) in [5.74, 6) is -5.33. The van der Waals surface area contributed by atoms with Crippen molar-refractivity contribution in [2.24, 2.45) is 5.73 Å². The molecule has 0 saturated carbocycles. The van der Waals surface area contributed by atoms with Crippen LogP contribution in [0.5, 0.6) is 11.5 Å². The number of methoxy groups -OCH3 is 2. The average molecular weight is 1100 g/mol. The van der Waals surface area contributed by atoms with Crippen LogP contribution in [0.25, 0.3) is 21.8 Å². The average Bonchev–Trinajstić information content (AvgIpc) is 3.98. The Morgan fingerprint density at radius 2 is 0.987 bits per heavy atom. The third-order valence-electron chi connectivity index (χ3n) is 13.2. The van der Waals surface area contributed by atoms with Crippen molar-refractivity contribution in [1.29, 1.82) is 0 Å². The maximum Gasteiger partial charge on any atom is 0.573 e. The molecule has 0 bridgehead atoms. The quantitative estimate of drug-likeness (QED) is 0.0968. The topological polar surface area (TPSA) is 143 Å². The molecule has 2 fully saturated rings. The minimum Gasteiger partial charge on any atom is -0.405 e. The van der Waals surface area contributed by atoms with Gasteiger partial charge in [0.1, 0.15) is 34.8 Å². The highest BCUT2D eigenvalue weighted by atomic mass is 35.5. The van der Waals surface area contributed by atoms with Gasteiger partial charge in [0.2, 0.25) is 5.91 Å². The molecular formula is C52H55ClF10N6O7. The van der Waals surface area contributed by atoms with E-state index in [1.807, 2.05) is 0 Å². The fraction of sp³-hybridized carbons (Fsp3) is 0.404. The number of ether oxygens (including phenoxy) is 4. The number of nitrogens with one attached hydrogen (secondary N) is 1. The second-order valence-electron chi connectivity index (χ2n) is 18.1. The van der Waals surface area contributed by atoms with Crippen LogP contribution in [0.4, 0.5) is 43.9 Å². The zero-order chi connectivity index (χ0) is 54.4. The molecule has 2 aromatic heterocycles. The van der Waals surface area contributed by atoms with Gasteiger partial charge in [-0.2, -0.15) is 0 Å². The zero-order valence-corrected chi connectivity index (χ0v) is 42.2. The summed E-state index contributed by atoms with van der Waals surface area (Å²) in [6, 6.07) is 12.8. The van der Waals surface area contributed by atoms with Crippen LogP contribution in [0.3, 0.4) is 0 Å². The fourth-order valence-corrected chi connectivity index (χ4v) is 9.63. The number of likely N-dealkylation sites (tertiary alicyclic amines) is 2. The molecule has 0 atom stereocenters. The van der Waals surface area contributed by atoms with Gasteiger partial charge in [-0.25, -0.2) is 17.6 Å². The molecule has 6 aromatic rings. The zero-order valence-electron chi connectivity index (χ0n) is 41.4. The molecule has 13 nitrogen and oxygen atoms in total. The SMILES string of the molecule is COCCn1cc(C(=O)N2CCC(c3cc(CN)ccc3F)CC2)c2c(OC(F)(F)F)ccc(F)c21.COCCn1cc(C(=O)N2CCC(c3cc(CNC(C)=O)ccc3F)CC2)c2c(OC(F)(F)F)ccc(F)c21.Cl. The van der Waals surface area contributed by atoms with Crippen LogP contribution < -0.4 is 20.5 Å². The Morgan fingerprint density at radius 1 is 0.605 bits per heavy atom. The first-order valence-electron chi connectivity index (χ1n) is 23.8. The van der Waals surface area contributed by atoms with E-state index in [0.717, 1.165) is 35.4 Å². The number of alkyl halides is 6. The summed E-state index contributed by atoms with van der Waals surface area (Å²) < 4.78 is 158. The number of nitrogens with two attached hydrogens (primary N) is 1. The highest BCUT2D eigenvalue weighted by Crippen LogP contribution is 2.40. The van der Waals surface area contributed by atoms with Crippen molar-refractivity contribution < 1.29 is 77.2 Å². The molecular weight excluding hydrogens is 1050 g/mol. The number of hydrogen-bond donors (Lipinski definition) is 2. The Balaban J connectivity index is 0.000000244. The number of carbonyl (C=O) groups is 3. The molecule has 4 aromatic carbocycles. The molecule has 4 heterocycles. The van der Waals surface area contributed by atoms with Crippen LogP contribution in [0.15, 0.2) is 73.1 Å². The maximum absolute atomic E-state index is 14.8. The van der Waals surface area contributed by atoms with E-state index in [4.69, 9.17) is 15.2 Å². The Hall–Kier alpha value is -6.56. The lowest BCUT2D eigenvalue weighted by Gasteiger charge is -2.32. The van der Waals surface area contributed by atoms with Crippen LogP contribution in [0.1, 0.15) is 87.4 Å². The first-order valence-corrected chi connectivity index (χ1v) is 23.8. The number of carbonyl (C=O) groups excluding carboxylic acids is 3. The molecule has 8 rings (SSSR count). The van der Waals surface area contributed by atoms with E-state index in [9.17, 15) is 58.3 Å². The smallest absolute Gasteiger partial charge is 0.405 e. The Labute approximate surface area is 436 Å². The molecule has 0 radical (unpaired) electrons. The van der Waals surface area contributed by atoms with E-state index in [0.29, 0.717) is 36.8 Å². The summed E-state index contributed by atoms with van der Waals surface area (Å²) in [7, 11) is 2.86. The van der Waals surface area contributed by atoms with E-state index in [2.05, 4.69) is 14.8 Å². The maximum atomic E-state index is 14.8. The van der Waals surface area contributed by atoms with Crippen molar-refractivity contribution >= 4 is 51.9 Å². The molecule has 0 unspecified atom stereocenters. The Morgan fingerprint density at radius 3 is 1.36 bits per heavy atom. The van der Waals surface area contributed by atoms with Crippen molar-refractivity contribution in [2.75, 3.05) is 53.6 Å². The predicted molar refractivity (Wildman–Crippen MR) is 262 cm³/mol. The summed E-state index contributed by atoms with van der Waals surface area (Å²) in [5.41, 5.74) is 7.63. The Kier molecular flexibility index (Phi) is 19.4. The van der Waals surface area contributed by atoms with E-state index in [1.54, 1.807) is 24.3 Å². The van der Waals surface area contributed by atoms with Crippen molar-refractivity contribution in [1.82, 2.24) is 24.3 Å². The van der Waals surface area contributed by atoms with Crippen molar-refractivity contribution in [2.45, 2.75) is 83.3 Å². The standard InChI is InChI=1S/C27H28F5N3O4.C25H26F5N3O3.ClH/c1-16(36)33-14-17-3-4-21(28)19(13-17)18-7-9-34(10-8-18)26(37)20-15-35(11-12-38-2)25-22(29)5-6-23(24(20)25)39-27(30,31)32;1-35-11-10-33-14-18(22-21(36-25(28,29)30)5-4-20(27)23(22)33)24(34)32-8-6-16(7-9-32)17-12-15(13-31)2-3-19(17)26;/h3-6,13,15,18H,7-12,14H2,1-2H3,(H,33,36);2-5,12,14,16H,6-11,13,31H2,1H3;1H. The Bertz CT molecular complexity index is 3020. The number of piperidine rings is 2. The second kappa shape index (κ2) is 25.1. The lowest BCUT2D eigenvalue weighted by Crippen LogP contribution is -2.38. The van der Waals surface area contributed by atoms with Gasteiger partial charge in [-0.05, 0) is 96.2 Å². The fourth-order valence-electron chi connectivity index (χ4n) is 9.63. The summed E-state index contributed by atoms with van der Waals surface area (Å²) in [6.07, 6.45) is -5.69. The lowest BCUT2D eigenvalue weighted by molar-refractivity contribution is -0.275. The normalized spacial score (nSPS) is 14.6. The van der Waals surface area contributed by atoms with Crippen LogP contribution in [-0.4, -0.2) is 103 Å². The van der Waals surface area contributed by atoms with Gasteiger partial charge >= 0.3 is 12.7 Å². The van der Waals surface area contributed by atoms with Crippen molar-refractivity contribution in [3.63, 3.8) is 0 Å². The molecule has 2 saturated heterocycles. The van der Waals surface area contributed by atoms with Crippen LogP contribution in [-0.2, 0) is 40.4 Å². The summed E-state index contributed by atoms with van der Waals surface area (Å²) in [4.78, 5) is 41.2. The van der Waals surface area contributed by atoms with E-state index in [-0.39, 0.29) is 134 Å². The number of benzene rings is 4. The van der Waals surface area contributed by atoms with Crippen molar-refractivity contribution in [3.05, 3.63) is 130 Å². The lowest BCUT2D eigenvalue weighted by atomic mass is 9.88. The van der Waals surface area contributed by atoms with Gasteiger partial charge in [0.25, 0.3) is 11.8 Å². The summed E-state index contributed by atoms with van der Waals surface area (Å²) >= 11 is 0. The predicted octanol–water partition coefficient (Wildman–Crippen LogP) is 10.5. The third kappa shape index (κ3) is 13.9. The highest BCUT2D eigenvalue weighted by molar-refractivity contribution is 6.10. The summed E-state index contributed by atoms with van der Waals surface area (Å²) in [5, 5.41) is 2.15. The van der Waals surface area contributed by atoms with Gasteiger partial charge in [-0.1, -0.05) is 24.3 Å². The van der Waals surface area contributed by atoms with Gasteiger partial charge in [-0.15, -0.1) is 38.7 Å². The number of halogens is 11. The molecule has 2 aliphatic heterocycles. The highest BCUT2D eigenvalue weighted by Gasteiger charge is 2.37. The van der Waals surface area contributed by atoms with Gasteiger partial charge in [0, 0.05) is 85.9 Å². The molecule has 0 spiro atoms. The minimum absolute atomic E-state index is 0. The van der Waals surface area contributed by atoms with Gasteiger partial charge in [0.15, 0.2) is 0 Å². The monoisotopic (exact) mass is 1100 g/mol. The van der Waals surface area contributed by atoms with E-state index < -0.39 is 53.5 Å². The molecule has 3 amide bonds. The van der Waals surface area contributed by atoms with E-state index >= 15 is 0 Å². The van der Waals surface area contributed by atoms with Crippen LogP contribution in [0.2, 0.25) is 0 Å². The molecule has 412 valence electrons. The van der Waals surface area contributed by atoms with E-state index in [1.165, 1.54) is 64.6 Å². The largest absolute Gasteiger partial charge is 0.573 e. The first-order chi connectivity index (χ1) is 35.6. The number of nitrogens with zero attached hydrogens (tertiary/aromatic N) is 4. The van der Waals surface area contributed by atoms with Gasteiger partial charge < -0.3 is 48.9 Å².